The van der Waals surface area contributed by atoms with Gasteiger partial charge in [-0.05, 0) is 56.4 Å². The van der Waals surface area contributed by atoms with Crippen LogP contribution in [0.1, 0.15) is 48.1 Å². The Morgan fingerprint density at radius 1 is 1.45 bits per heavy atom. The van der Waals surface area contributed by atoms with Crippen molar-refractivity contribution in [2.45, 2.75) is 45.4 Å². The quantitative estimate of drug-likeness (QED) is 0.806. The number of thiophene rings is 1. The molecule has 22 heavy (non-hydrogen) atoms. The average molecular weight is 337 g/mol. The highest BCUT2D eigenvalue weighted by atomic mass is 35.5. The third kappa shape index (κ3) is 2.89. The zero-order valence-corrected chi connectivity index (χ0v) is 14.4. The summed E-state index contributed by atoms with van der Waals surface area (Å²) in [5.41, 5.74) is 1.63. The second-order valence-corrected chi connectivity index (χ2v) is 8.01. The lowest BCUT2D eigenvalue weighted by Crippen LogP contribution is -2.27. The topological polar surface area (TPSA) is 52.9 Å². The van der Waals surface area contributed by atoms with E-state index in [1.54, 1.807) is 11.3 Å². The maximum atomic E-state index is 12.6. The summed E-state index contributed by atoms with van der Waals surface area (Å²) in [4.78, 5) is 13.7. The summed E-state index contributed by atoms with van der Waals surface area (Å²) in [7, 11) is 0. The van der Waals surface area contributed by atoms with E-state index in [-0.39, 0.29) is 11.8 Å². The van der Waals surface area contributed by atoms with Crippen molar-refractivity contribution in [1.29, 1.82) is 5.26 Å². The van der Waals surface area contributed by atoms with Gasteiger partial charge >= 0.3 is 0 Å². The molecule has 2 aliphatic carbocycles. The number of nitrogens with one attached hydrogen (secondary N) is 1. The van der Waals surface area contributed by atoms with Crippen LogP contribution in [0.3, 0.4) is 0 Å². The van der Waals surface area contributed by atoms with Crippen LogP contribution in [0.15, 0.2) is 0 Å². The van der Waals surface area contributed by atoms with Crippen molar-refractivity contribution in [3.8, 4) is 6.07 Å². The molecular formula is C17H21ClN2OS. The van der Waals surface area contributed by atoms with E-state index in [0.29, 0.717) is 17.4 Å². The zero-order valence-electron chi connectivity index (χ0n) is 12.8. The fraction of sp³-hybridized carbons (Fsp3) is 0.647. The standard InChI is InChI=1S/C17H21ClN2OS/c1-10-14(9-19)17(22-15(10)3-2-6-18)20-16(21)13-8-11-4-5-12(13)7-11/h11-13H,2-8H2,1H3,(H,20,21)/t11-,12-,13+/m0/s1. The zero-order chi connectivity index (χ0) is 15.7. The van der Waals surface area contributed by atoms with Gasteiger partial charge in [0.2, 0.25) is 5.91 Å². The molecule has 0 radical (unpaired) electrons. The number of halogens is 1. The Labute approximate surface area is 140 Å². The van der Waals surface area contributed by atoms with Gasteiger partial charge in [-0.15, -0.1) is 22.9 Å². The number of nitrogens with zero attached hydrogens (tertiary/aromatic N) is 1. The van der Waals surface area contributed by atoms with Crippen LogP contribution >= 0.6 is 22.9 Å². The first-order chi connectivity index (χ1) is 10.6. The second-order valence-electron chi connectivity index (χ2n) is 6.53. The smallest absolute Gasteiger partial charge is 0.228 e. The molecule has 2 bridgehead atoms. The number of aryl methyl sites for hydroxylation is 1. The number of alkyl halides is 1. The maximum Gasteiger partial charge on any atom is 0.228 e. The molecule has 2 fully saturated rings. The van der Waals surface area contributed by atoms with Crippen LogP contribution in [0.4, 0.5) is 5.00 Å². The van der Waals surface area contributed by atoms with Gasteiger partial charge in [-0.1, -0.05) is 6.42 Å². The van der Waals surface area contributed by atoms with Crippen molar-refractivity contribution in [2.75, 3.05) is 11.2 Å². The number of hydrogen-bond donors (Lipinski definition) is 1. The number of amides is 1. The first kappa shape index (κ1) is 15.8. The number of nitriles is 1. The predicted molar refractivity (Wildman–Crippen MR) is 90.4 cm³/mol. The molecule has 3 nitrogen and oxygen atoms in total. The van der Waals surface area contributed by atoms with Crippen molar-refractivity contribution in [3.05, 3.63) is 16.0 Å². The molecule has 1 aromatic heterocycles. The highest BCUT2D eigenvalue weighted by molar-refractivity contribution is 7.16. The van der Waals surface area contributed by atoms with Gasteiger partial charge in [-0.3, -0.25) is 4.79 Å². The summed E-state index contributed by atoms with van der Waals surface area (Å²) in [6.45, 7) is 1.96. The van der Waals surface area contributed by atoms with Gasteiger partial charge in [-0.2, -0.15) is 5.26 Å². The van der Waals surface area contributed by atoms with Gasteiger partial charge in [0, 0.05) is 16.7 Å². The molecule has 0 unspecified atom stereocenters. The highest BCUT2D eigenvalue weighted by Crippen LogP contribution is 2.48. The SMILES string of the molecule is Cc1c(CCCCl)sc(NC(=O)[C@@H]2C[C@H]3CC[C@H]2C3)c1C#N. The molecule has 3 rings (SSSR count). The van der Waals surface area contributed by atoms with Gasteiger partial charge < -0.3 is 5.32 Å². The largest absolute Gasteiger partial charge is 0.316 e. The van der Waals surface area contributed by atoms with E-state index in [9.17, 15) is 10.1 Å². The van der Waals surface area contributed by atoms with Crippen LogP contribution in [-0.2, 0) is 11.2 Å². The van der Waals surface area contributed by atoms with Crippen molar-refractivity contribution >= 4 is 33.8 Å². The fourth-order valence-electron chi connectivity index (χ4n) is 4.02. The van der Waals surface area contributed by atoms with Crippen LogP contribution in [0, 0.1) is 36.0 Å². The summed E-state index contributed by atoms with van der Waals surface area (Å²) >= 11 is 7.31. The monoisotopic (exact) mass is 336 g/mol. The molecule has 0 saturated heterocycles. The summed E-state index contributed by atoms with van der Waals surface area (Å²) in [5.74, 6) is 2.20. The minimum atomic E-state index is 0.119. The van der Waals surface area contributed by atoms with E-state index in [2.05, 4.69) is 11.4 Å². The van der Waals surface area contributed by atoms with Gasteiger partial charge in [0.1, 0.15) is 11.1 Å². The maximum absolute atomic E-state index is 12.6. The Morgan fingerprint density at radius 2 is 2.27 bits per heavy atom. The molecule has 1 aromatic rings. The Kier molecular flexibility index (Phi) is 4.75. The third-order valence-electron chi connectivity index (χ3n) is 5.21. The number of carbonyl (C=O) groups is 1. The average Bonchev–Trinajstić information content (AvgIpc) is 3.20. The predicted octanol–water partition coefficient (Wildman–Crippen LogP) is 4.47. The fourth-order valence-corrected chi connectivity index (χ4v) is 5.35. The van der Waals surface area contributed by atoms with Gasteiger partial charge in [0.05, 0.1) is 5.56 Å². The van der Waals surface area contributed by atoms with Gasteiger partial charge in [0.25, 0.3) is 0 Å². The summed E-state index contributed by atoms with van der Waals surface area (Å²) in [6, 6.07) is 2.25. The number of hydrogen-bond acceptors (Lipinski definition) is 3. The molecular weight excluding hydrogens is 316 g/mol. The van der Waals surface area contributed by atoms with E-state index in [1.165, 1.54) is 24.1 Å². The minimum absolute atomic E-state index is 0.119. The molecule has 2 saturated carbocycles. The lowest BCUT2D eigenvalue weighted by molar-refractivity contribution is -0.121. The number of fused-ring (bicyclic) bond motifs is 2. The van der Waals surface area contributed by atoms with Crippen molar-refractivity contribution in [3.63, 3.8) is 0 Å². The Balaban J connectivity index is 1.74. The van der Waals surface area contributed by atoms with Crippen LogP contribution in [0.5, 0.6) is 0 Å². The normalized spacial score (nSPS) is 26.1. The van der Waals surface area contributed by atoms with E-state index in [0.717, 1.165) is 35.7 Å². The van der Waals surface area contributed by atoms with Crippen LogP contribution in [-0.4, -0.2) is 11.8 Å². The molecule has 0 aliphatic heterocycles. The van der Waals surface area contributed by atoms with E-state index >= 15 is 0 Å². The molecule has 1 heterocycles. The number of rotatable bonds is 5. The van der Waals surface area contributed by atoms with Gasteiger partial charge in [-0.25, -0.2) is 0 Å². The second kappa shape index (κ2) is 6.60. The summed E-state index contributed by atoms with van der Waals surface area (Å²) in [6.07, 6.45) is 6.50. The van der Waals surface area contributed by atoms with Crippen LogP contribution in [0.25, 0.3) is 0 Å². The molecule has 1 N–H and O–H groups in total. The Bertz CT molecular complexity index is 619. The summed E-state index contributed by atoms with van der Waals surface area (Å²) in [5, 5.41) is 13.2. The molecule has 0 aromatic carbocycles. The lowest BCUT2D eigenvalue weighted by Gasteiger charge is -2.20. The Hall–Kier alpha value is -1.05. The van der Waals surface area contributed by atoms with E-state index in [4.69, 9.17) is 11.6 Å². The lowest BCUT2D eigenvalue weighted by atomic mass is 9.88. The van der Waals surface area contributed by atoms with Crippen LogP contribution < -0.4 is 5.32 Å². The summed E-state index contributed by atoms with van der Waals surface area (Å²) < 4.78 is 0. The molecule has 1 amide bonds. The van der Waals surface area contributed by atoms with Crippen molar-refractivity contribution < 1.29 is 4.79 Å². The minimum Gasteiger partial charge on any atom is -0.316 e. The Morgan fingerprint density at radius 3 is 2.86 bits per heavy atom. The molecule has 0 spiro atoms. The first-order valence-corrected chi connectivity index (χ1v) is 9.38. The van der Waals surface area contributed by atoms with E-state index in [1.807, 2.05) is 6.92 Å². The van der Waals surface area contributed by atoms with Gasteiger partial charge in [0.15, 0.2) is 0 Å². The van der Waals surface area contributed by atoms with E-state index < -0.39 is 0 Å². The number of anilines is 1. The molecule has 2 aliphatic rings. The third-order valence-corrected chi connectivity index (χ3v) is 6.74. The van der Waals surface area contributed by atoms with Crippen molar-refractivity contribution in [2.24, 2.45) is 17.8 Å². The highest BCUT2D eigenvalue weighted by Gasteiger charge is 2.43. The number of carbonyl (C=O) groups excluding carboxylic acids is 1. The molecule has 118 valence electrons. The molecule has 5 heteroatoms. The first-order valence-electron chi connectivity index (χ1n) is 8.03. The van der Waals surface area contributed by atoms with Crippen molar-refractivity contribution in [1.82, 2.24) is 0 Å². The van der Waals surface area contributed by atoms with Crippen LogP contribution in [0.2, 0.25) is 0 Å². The molecule has 3 atom stereocenters.